The van der Waals surface area contributed by atoms with Crippen LogP contribution in [0.1, 0.15) is 26.2 Å². The van der Waals surface area contributed by atoms with Crippen LogP contribution in [-0.2, 0) is 9.59 Å². The molecule has 2 rings (SSSR count). The number of benzene rings is 1. The van der Waals surface area contributed by atoms with Crippen molar-refractivity contribution in [3.05, 3.63) is 30.3 Å². The Morgan fingerprint density at radius 1 is 1.09 bits per heavy atom. The van der Waals surface area contributed by atoms with Gasteiger partial charge in [-0.05, 0) is 18.6 Å². The van der Waals surface area contributed by atoms with Gasteiger partial charge in [0.15, 0.2) is 0 Å². The van der Waals surface area contributed by atoms with Crippen LogP contribution >= 0.6 is 0 Å². The maximum Gasteiger partial charge on any atom is 0.232 e. The molecule has 0 spiro atoms. The number of rotatable bonds is 6. The fourth-order valence-electron chi connectivity index (χ4n) is 2.75. The van der Waals surface area contributed by atoms with Crippen molar-refractivity contribution in [3.8, 4) is 0 Å². The van der Waals surface area contributed by atoms with E-state index in [1.54, 1.807) is 11.9 Å². The van der Waals surface area contributed by atoms with E-state index in [9.17, 15) is 9.59 Å². The van der Waals surface area contributed by atoms with E-state index in [1.807, 2.05) is 23.1 Å². The molecule has 0 N–H and O–H groups in total. The van der Waals surface area contributed by atoms with Crippen molar-refractivity contribution in [2.45, 2.75) is 26.2 Å². The first kappa shape index (κ1) is 17.3. The second-order valence-corrected chi connectivity index (χ2v) is 6.05. The summed E-state index contributed by atoms with van der Waals surface area (Å²) < 4.78 is 0. The first-order chi connectivity index (χ1) is 11.1. The average molecular weight is 317 g/mol. The highest BCUT2D eigenvalue weighted by Gasteiger charge is 2.23. The van der Waals surface area contributed by atoms with Gasteiger partial charge in [0.1, 0.15) is 6.42 Å². The van der Waals surface area contributed by atoms with Gasteiger partial charge in [-0.1, -0.05) is 31.5 Å². The van der Waals surface area contributed by atoms with E-state index in [1.165, 1.54) is 5.69 Å². The number of unbranched alkanes of at least 4 members (excludes halogenated alkanes) is 1. The lowest BCUT2D eigenvalue weighted by atomic mass is 10.2. The van der Waals surface area contributed by atoms with Crippen LogP contribution in [0.3, 0.4) is 0 Å². The maximum atomic E-state index is 12.3. The molecule has 23 heavy (non-hydrogen) atoms. The van der Waals surface area contributed by atoms with Gasteiger partial charge in [-0.3, -0.25) is 9.59 Å². The molecule has 1 heterocycles. The van der Waals surface area contributed by atoms with Crippen molar-refractivity contribution < 1.29 is 9.59 Å². The molecule has 0 bridgehead atoms. The summed E-state index contributed by atoms with van der Waals surface area (Å²) in [5.41, 5.74) is 1.19. The number of amides is 2. The summed E-state index contributed by atoms with van der Waals surface area (Å²) >= 11 is 0. The molecule has 126 valence electrons. The number of piperazine rings is 1. The van der Waals surface area contributed by atoms with E-state index in [0.717, 1.165) is 32.5 Å². The molecule has 0 radical (unpaired) electrons. The smallest absolute Gasteiger partial charge is 0.232 e. The third-order valence-electron chi connectivity index (χ3n) is 4.33. The van der Waals surface area contributed by atoms with Gasteiger partial charge < -0.3 is 14.7 Å². The van der Waals surface area contributed by atoms with Gasteiger partial charge in [0.05, 0.1) is 0 Å². The Hall–Kier alpha value is -2.04. The first-order valence-corrected chi connectivity index (χ1v) is 8.43. The summed E-state index contributed by atoms with van der Waals surface area (Å²) in [6, 6.07) is 10.2. The van der Waals surface area contributed by atoms with Crippen LogP contribution < -0.4 is 4.90 Å². The van der Waals surface area contributed by atoms with Gasteiger partial charge in [-0.2, -0.15) is 0 Å². The molecule has 0 saturated carbocycles. The van der Waals surface area contributed by atoms with E-state index in [-0.39, 0.29) is 18.2 Å². The Morgan fingerprint density at radius 2 is 1.74 bits per heavy atom. The molecule has 1 aromatic carbocycles. The molecule has 0 aliphatic carbocycles. The Bertz CT molecular complexity index is 510. The Balaban J connectivity index is 1.78. The monoisotopic (exact) mass is 317 g/mol. The third kappa shape index (κ3) is 4.98. The lowest BCUT2D eigenvalue weighted by molar-refractivity contribution is -0.140. The SMILES string of the molecule is CCCCN(C)C(=O)CC(=O)N1CCN(c2ccccc2)CC1. The quantitative estimate of drug-likeness (QED) is 0.754. The van der Waals surface area contributed by atoms with Crippen LogP contribution in [0, 0.1) is 0 Å². The second-order valence-electron chi connectivity index (χ2n) is 6.05. The third-order valence-corrected chi connectivity index (χ3v) is 4.33. The van der Waals surface area contributed by atoms with Crippen LogP contribution in [0.15, 0.2) is 30.3 Å². The van der Waals surface area contributed by atoms with Crippen LogP contribution in [-0.4, -0.2) is 61.4 Å². The van der Waals surface area contributed by atoms with E-state index in [4.69, 9.17) is 0 Å². The summed E-state index contributed by atoms with van der Waals surface area (Å²) in [5, 5.41) is 0. The Morgan fingerprint density at radius 3 is 2.35 bits per heavy atom. The van der Waals surface area contributed by atoms with Crippen molar-refractivity contribution in [2.24, 2.45) is 0 Å². The first-order valence-electron chi connectivity index (χ1n) is 8.43. The number of anilines is 1. The Kier molecular flexibility index (Phi) is 6.44. The number of hydrogen-bond acceptors (Lipinski definition) is 3. The predicted molar refractivity (Wildman–Crippen MR) is 92.4 cm³/mol. The minimum Gasteiger partial charge on any atom is -0.368 e. The minimum atomic E-state index is -0.0751. The van der Waals surface area contributed by atoms with E-state index < -0.39 is 0 Å². The zero-order valence-electron chi connectivity index (χ0n) is 14.2. The number of carbonyl (C=O) groups excluding carboxylic acids is 2. The second kappa shape index (κ2) is 8.56. The fraction of sp³-hybridized carbons (Fsp3) is 0.556. The fourth-order valence-corrected chi connectivity index (χ4v) is 2.75. The molecule has 1 saturated heterocycles. The van der Waals surface area contributed by atoms with Gasteiger partial charge in [0.25, 0.3) is 0 Å². The van der Waals surface area contributed by atoms with Gasteiger partial charge in [0.2, 0.25) is 11.8 Å². The van der Waals surface area contributed by atoms with Crippen LogP contribution in [0.4, 0.5) is 5.69 Å². The highest BCUT2D eigenvalue weighted by atomic mass is 16.2. The van der Waals surface area contributed by atoms with Crippen molar-refractivity contribution in [2.75, 3.05) is 44.7 Å². The van der Waals surface area contributed by atoms with Crippen LogP contribution in [0.25, 0.3) is 0 Å². The number of para-hydroxylation sites is 1. The molecule has 2 amide bonds. The molecule has 1 aromatic rings. The van der Waals surface area contributed by atoms with Crippen molar-refractivity contribution in [3.63, 3.8) is 0 Å². The average Bonchev–Trinajstić information content (AvgIpc) is 2.60. The lowest BCUT2D eigenvalue weighted by Crippen LogP contribution is -2.49. The molecule has 1 aliphatic rings. The molecular formula is C18H27N3O2. The number of hydrogen-bond donors (Lipinski definition) is 0. The minimum absolute atomic E-state index is 0.00838. The van der Waals surface area contributed by atoms with E-state index >= 15 is 0 Å². The van der Waals surface area contributed by atoms with Gasteiger partial charge >= 0.3 is 0 Å². The largest absolute Gasteiger partial charge is 0.368 e. The molecule has 1 fully saturated rings. The molecular weight excluding hydrogens is 290 g/mol. The highest BCUT2D eigenvalue weighted by molar-refractivity contribution is 5.96. The van der Waals surface area contributed by atoms with Crippen LogP contribution in [0.5, 0.6) is 0 Å². The van der Waals surface area contributed by atoms with Crippen molar-refractivity contribution in [1.29, 1.82) is 0 Å². The van der Waals surface area contributed by atoms with Crippen molar-refractivity contribution >= 4 is 17.5 Å². The van der Waals surface area contributed by atoms with E-state index in [0.29, 0.717) is 13.1 Å². The van der Waals surface area contributed by atoms with Gasteiger partial charge in [-0.25, -0.2) is 0 Å². The zero-order chi connectivity index (χ0) is 16.7. The van der Waals surface area contributed by atoms with Crippen LogP contribution in [0.2, 0.25) is 0 Å². The summed E-state index contributed by atoms with van der Waals surface area (Å²) in [6.07, 6.45) is 2.02. The molecule has 0 unspecified atom stereocenters. The van der Waals surface area contributed by atoms with Crippen molar-refractivity contribution in [1.82, 2.24) is 9.80 Å². The molecule has 5 heteroatoms. The lowest BCUT2D eigenvalue weighted by Gasteiger charge is -2.36. The summed E-state index contributed by atoms with van der Waals surface area (Å²) in [5.74, 6) is -0.125. The summed E-state index contributed by atoms with van der Waals surface area (Å²) in [4.78, 5) is 30.1. The standard InChI is InChI=1S/C18H27N3O2/c1-3-4-10-19(2)17(22)15-18(23)21-13-11-20(12-14-21)16-8-6-5-7-9-16/h5-9H,3-4,10-15H2,1-2H3. The molecule has 0 atom stereocenters. The Labute approximate surface area is 138 Å². The maximum absolute atomic E-state index is 12.3. The topological polar surface area (TPSA) is 43.9 Å². The number of nitrogens with zero attached hydrogens (tertiary/aromatic N) is 3. The molecule has 1 aliphatic heterocycles. The zero-order valence-corrected chi connectivity index (χ0v) is 14.2. The molecule has 0 aromatic heterocycles. The summed E-state index contributed by atoms with van der Waals surface area (Å²) in [6.45, 7) is 5.81. The normalized spacial score (nSPS) is 14.7. The number of carbonyl (C=O) groups is 2. The highest BCUT2D eigenvalue weighted by Crippen LogP contribution is 2.16. The predicted octanol–water partition coefficient (Wildman–Crippen LogP) is 1.98. The molecule has 5 nitrogen and oxygen atoms in total. The van der Waals surface area contributed by atoms with E-state index in [2.05, 4.69) is 24.0 Å². The van der Waals surface area contributed by atoms with Gasteiger partial charge in [0, 0.05) is 45.5 Å². The van der Waals surface area contributed by atoms with Gasteiger partial charge in [-0.15, -0.1) is 0 Å². The summed E-state index contributed by atoms with van der Waals surface area (Å²) in [7, 11) is 1.78.